The Morgan fingerprint density at radius 3 is 2.59 bits per heavy atom. The maximum absolute atomic E-state index is 5.50. The summed E-state index contributed by atoms with van der Waals surface area (Å²) >= 11 is 0. The highest BCUT2D eigenvalue weighted by Crippen LogP contribution is 2.25. The largest absolute Gasteiger partial charge is 0.497 e. The smallest absolute Gasteiger partial charge is 0.213 e. The molecule has 0 bridgehead atoms. The Balaban J connectivity index is 2.15. The number of aromatic nitrogens is 1. The van der Waals surface area contributed by atoms with E-state index >= 15 is 0 Å². The van der Waals surface area contributed by atoms with Gasteiger partial charge in [0.05, 0.1) is 27.9 Å². The Morgan fingerprint density at radius 1 is 1.11 bits per heavy atom. The third-order valence-electron chi connectivity index (χ3n) is 4.02. The SMILES string of the molecule is CCNC(=NCc1ccnc(OC)c1)N(C)Cc1ccc(OC)cc1OC. The molecule has 0 atom stereocenters. The lowest BCUT2D eigenvalue weighted by Gasteiger charge is -2.23. The molecule has 0 radical (unpaired) electrons. The molecular formula is C20H28N4O3. The van der Waals surface area contributed by atoms with Crippen molar-refractivity contribution in [1.29, 1.82) is 0 Å². The van der Waals surface area contributed by atoms with Gasteiger partial charge in [0.15, 0.2) is 5.96 Å². The normalized spacial score (nSPS) is 11.1. The maximum Gasteiger partial charge on any atom is 0.213 e. The van der Waals surface area contributed by atoms with E-state index in [-0.39, 0.29) is 0 Å². The van der Waals surface area contributed by atoms with Gasteiger partial charge in [-0.3, -0.25) is 0 Å². The molecule has 0 spiro atoms. The van der Waals surface area contributed by atoms with Crippen molar-refractivity contribution >= 4 is 5.96 Å². The summed E-state index contributed by atoms with van der Waals surface area (Å²) in [5.74, 6) is 2.96. The minimum absolute atomic E-state index is 0.533. The zero-order chi connectivity index (χ0) is 19.6. The lowest BCUT2D eigenvalue weighted by molar-refractivity contribution is 0.382. The molecule has 146 valence electrons. The summed E-state index contributed by atoms with van der Waals surface area (Å²) in [6.07, 6.45) is 1.72. The van der Waals surface area contributed by atoms with Crippen molar-refractivity contribution in [1.82, 2.24) is 15.2 Å². The zero-order valence-corrected chi connectivity index (χ0v) is 16.7. The molecule has 0 fully saturated rings. The van der Waals surface area contributed by atoms with Gasteiger partial charge in [0.1, 0.15) is 11.5 Å². The van der Waals surface area contributed by atoms with Crippen LogP contribution < -0.4 is 19.5 Å². The Bertz CT molecular complexity index is 765. The van der Waals surface area contributed by atoms with Gasteiger partial charge in [0.2, 0.25) is 5.88 Å². The van der Waals surface area contributed by atoms with Crippen molar-refractivity contribution in [3.05, 3.63) is 47.7 Å². The number of pyridine rings is 1. The van der Waals surface area contributed by atoms with Crippen molar-refractivity contribution in [2.24, 2.45) is 4.99 Å². The molecule has 2 aromatic rings. The van der Waals surface area contributed by atoms with E-state index < -0.39 is 0 Å². The molecular weight excluding hydrogens is 344 g/mol. The van der Waals surface area contributed by atoms with E-state index in [1.807, 2.05) is 44.3 Å². The summed E-state index contributed by atoms with van der Waals surface area (Å²) < 4.78 is 15.9. The number of hydrogen-bond donors (Lipinski definition) is 1. The molecule has 0 saturated carbocycles. The Morgan fingerprint density at radius 2 is 1.93 bits per heavy atom. The van der Waals surface area contributed by atoms with Gasteiger partial charge >= 0.3 is 0 Å². The number of ether oxygens (including phenoxy) is 3. The second kappa shape index (κ2) is 10.3. The number of aliphatic imine (C=N–C) groups is 1. The molecule has 0 unspecified atom stereocenters. The number of hydrogen-bond acceptors (Lipinski definition) is 5. The molecule has 0 saturated heterocycles. The molecule has 2 rings (SSSR count). The van der Waals surface area contributed by atoms with Gasteiger partial charge in [-0.2, -0.15) is 0 Å². The minimum Gasteiger partial charge on any atom is -0.497 e. The molecule has 1 aromatic heterocycles. The van der Waals surface area contributed by atoms with Crippen LogP contribution in [0.1, 0.15) is 18.1 Å². The van der Waals surface area contributed by atoms with E-state index in [0.29, 0.717) is 19.0 Å². The van der Waals surface area contributed by atoms with E-state index in [4.69, 9.17) is 19.2 Å². The fourth-order valence-corrected chi connectivity index (χ4v) is 2.61. The summed E-state index contributed by atoms with van der Waals surface area (Å²) in [5, 5.41) is 3.33. The fourth-order valence-electron chi connectivity index (χ4n) is 2.61. The van der Waals surface area contributed by atoms with E-state index in [9.17, 15) is 0 Å². The molecule has 0 aliphatic heterocycles. The molecule has 1 N–H and O–H groups in total. The number of rotatable bonds is 8. The molecule has 27 heavy (non-hydrogen) atoms. The van der Waals surface area contributed by atoms with Crippen LogP contribution in [0.5, 0.6) is 17.4 Å². The standard InChI is InChI=1S/C20H28N4O3/c1-6-21-20(23-13-15-9-10-22-19(11-15)27-5)24(2)14-16-7-8-17(25-3)12-18(16)26-4/h7-12H,6,13-14H2,1-5H3,(H,21,23). The highest BCUT2D eigenvalue weighted by Gasteiger charge is 2.11. The highest BCUT2D eigenvalue weighted by atomic mass is 16.5. The third-order valence-corrected chi connectivity index (χ3v) is 4.02. The predicted octanol–water partition coefficient (Wildman–Crippen LogP) is 2.70. The van der Waals surface area contributed by atoms with Crippen LogP contribution in [-0.2, 0) is 13.1 Å². The maximum atomic E-state index is 5.50. The summed E-state index contributed by atoms with van der Waals surface area (Å²) in [5.41, 5.74) is 2.09. The first-order chi connectivity index (χ1) is 13.1. The Labute approximate surface area is 161 Å². The van der Waals surface area contributed by atoms with Gasteiger partial charge in [-0.05, 0) is 30.7 Å². The minimum atomic E-state index is 0.533. The van der Waals surface area contributed by atoms with Crippen molar-refractivity contribution in [3.8, 4) is 17.4 Å². The summed E-state index contributed by atoms with van der Waals surface area (Å²) in [4.78, 5) is 10.9. The number of benzene rings is 1. The van der Waals surface area contributed by atoms with Crippen LogP contribution in [0.15, 0.2) is 41.5 Å². The number of nitrogens with one attached hydrogen (secondary N) is 1. The van der Waals surface area contributed by atoms with Crippen LogP contribution in [0.25, 0.3) is 0 Å². The Kier molecular flexibility index (Phi) is 7.73. The van der Waals surface area contributed by atoms with Gasteiger partial charge in [-0.15, -0.1) is 0 Å². The summed E-state index contributed by atoms with van der Waals surface area (Å²) in [6, 6.07) is 9.64. The van der Waals surface area contributed by atoms with Gasteiger partial charge < -0.3 is 24.4 Å². The molecule has 0 amide bonds. The average molecular weight is 372 g/mol. The third kappa shape index (κ3) is 5.77. The molecule has 1 heterocycles. The molecule has 7 nitrogen and oxygen atoms in total. The van der Waals surface area contributed by atoms with Crippen molar-refractivity contribution in [3.63, 3.8) is 0 Å². The van der Waals surface area contributed by atoms with E-state index in [2.05, 4.69) is 15.2 Å². The summed E-state index contributed by atoms with van der Waals surface area (Å²) in [6.45, 7) is 4.01. The monoisotopic (exact) mass is 372 g/mol. The van der Waals surface area contributed by atoms with E-state index in [0.717, 1.165) is 35.1 Å². The molecule has 7 heteroatoms. The van der Waals surface area contributed by atoms with Crippen LogP contribution in [0.2, 0.25) is 0 Å². The van der Waals surface area contributed by atoms with Crippen molar-refractivity contribution < 1.29 is 14.2 Å². The van der Waals surface area contributed by atoms with Crippen molar-refractivity contribution in [2.75, 3.05) is 34.9 Å². The molecule has 1 aromatic carbocycles. The van der Waals surface area contributed by atoms with Crippen LogP contribution in [0.4, 0.5) is 0 Å². The average Bonchev–Trinajstić information content (AvgIpc) is 2.71. The second-order valence-electron chi connectivity index (χ2n) is 5.91. The summed E-state index contributed by atoms with van der Waals surface area (Å²) in [7, 11) is 6.91. The quantitative estimate of drug-likeness (QED) is 0.568. The first kappa shape index (κ1) is 20.4. The number of methoxy groups -OCH3 is 3. The van der Waals surface area contributed by atoms with Crippen LogP contribution in [0, 0.1) is 0 Å². The van der Waals surface area contributed by atoms with E-state index in [1.165, 1.54) is 0 Å². The van der Waals surface area contributed by atoms with Crippen LogP contribution in [-0.4, -0.2) is 50.8 Å². The van der Waals surface area contributed by atoms with Gasteiger partial charge in [0.25, 0.3) is 0 Å². The first-order valence-electron chi connectivity index (χ1n) is 8.80. The topological polar surface area (TPSA) is 68.2 Å². The van der Waals surface area contributed by atoms with Gasteiger partial charge in [-0.25, -0.2) is 9.98 Å². The Hall–Kier alpha value is -2.96. The predicted molar refractivity (Wildman–Crippen MR) is 107 cm³/mol. The van der Waals surface area contributed by atoms with Crippen LogP contribution >= 0.6 is 0 Å². The van der Waals surface area contributed by atoms with Crippen LogP contribution in [0.3, 0.4) is 0 Å². The zero-order valence-electron chi connectivity index (χ0n) is 16.7. The van der Waals surface area contributed by atoms with E-state index in [1.54, 1.807) is 27.5 Å². The lowest BCUT2D eigenvalue weighted by atomic mass is 10.2. The van der Waals surface area contributed by atoms with Gasteiger partial charge in [-0.1, -0.05) is 0 Å². The fraction of sp³-hybridized carbons (Fsp3) is 0.400. The molecule has 0 aliphatic rings. The second-order valence-corrected chi connectivity index (χ2v) is 5.91. The van der Waals surface area contributed by atoms with Crippen molar-refractivity contribution in [2.45, 2.75) is 20.0 Å². The first-order valence-corrected chi connectivity index (χ1v) is 8.80. The number of nitrogens with zero attached hydrogens (tertiary/aromatic N) is 3. The molecule has 0 aliphatic carbocycles. The highest BCUT2D eigenvalue weighted by molar-refractivity contribution is 5.79. The number of guanidine groups is 1. The lowest BCUT2D eigenvalue weighted by Crippen LogP contribution is -2.38. The van der Waals surface area contributed by atoms with Gasteiger partial charge in [0, 0.05) is 44.0 Å².